The van der Waals surface area contributed by atoms with Crippen molar-refractivity contribution < 1.29 is 32.3 Å². The third-order valence-corrected chi connectivity index (χ3v) is 7.22. The predicted molar refractivity (Wildman–Crippen MR) is 146 cm³/mol. The maximum absolute atomic E-state index is 12.7. The molecule has 0 radical (unpaired) electrons. The standard InChI is InChI=1S/C19H24N2O4.C8H7ClF3NS/c1-12(2)18(24)7-6-17(13(3)23)21-10-15-8-14(9-20-11-22)4-5-16(15)19(21)25;1-13-5-2-3-7(6(9)4-5)14-8(10,11)12/h4-5,8,11-12,17H,6-7,9-10H2,1-3H3,(H,20,22);2-4,13H,1H3. The molecule has 2 amide bonds. The second-order valence-corrected chi connectivity index (χ2v) is 10.7. The van der Waals surface area contributed by atoms with Gasteiger partial charge in [-0.1, -0.05) is 37.6 Å². The van der Waals surface area contributed by atoms with Gasteiger partial charge in [-0.15, -0.1) is 0 Å². The number of ketones is 2. The van der Waals surface area contributed by atoms with Crippen molar-refractivity contribution in [2.24, 2.45) is 5.92 Å². The average Bonchev–Trinajstić information content (AvgIpc) is 3.18. The molecule has 12 heteroatoms. The number of thioether (sulfide) groups is 1. The topological polar surface area (TPSA) is 95.6 Å². The van der Waals surface area contributed by atoms with Crippen LogP contribution in [0.25, 0.3) is 0 Å². The molecule has 0 bridgehead atoms. The molecule has 0 saturated heterocycles. The van der Waals surface area contributed by atoms with Crippen LogP contribution in [0.5, 0.6) is 0 Å². The second kappa shape index (κ2) is 14.4. The number of fused-ring (bicyclic) bond motifs is 1. The van der Waals surface area contributed by atoms with Crippen LogP contribution in [-0.2, 0) is 27.5 Å². The molecule has 1 aliphatic rings. The van der Waals surface area contributed by atoms with Gasteiger partial charge in [-0.05, 0) is 60.5 Å². The van der Waals surface area contributed by atoms with Crippen LogP contribution in [0.3, 0.4) is 0 Å². The van der Waals surface area contributed by atoms with E-state index in [0.29, 0.717) is 37.2 Å². The van der Waals surface area contributed by atoms with Gasteiger partial charge in [0.2, 0.25) is 6.41 Å². The smallest absolute Gasteiger partial charge is 0.388 e. The Kier molecular flexibility index (Phi) is 11.8. The number of carbonyl (C=O) groups is 4. The van der Waals surface area contributed by atoms with Gasteiger partial charge in [0.1, 0.15) is 5.78 Å². The van der Waals surface area contributed by atoms with E-state index in [4.69, 9.17) is 11.6 Å². The van der Waals surface area contributed by atoms with Crippen LogP contribution in [0.15, 0.2) is 41.3 Å². The monoisotopic (exact) mass is 585 g/mol. The molecule has 212 valence electrons. The quantitative estimate of drug-likeness (QED) is 0.254. The maximum atomic E-state index is 12.7. The van der Waals surface area contributed by atoms with E-state index in [9.17, 15) is 32.3 Å². The van der Waals surface area contributed by atoms with E-state index < -0.39 is 11.6 Å². The van der Waals surface area contributed by atoms with E-state index in [-0.39, 0.29) is 51.5 Å². The molecule has 1 aliphatic heterocycles. The van der Waals surface area contributed by atoms with Crippen molar-refractivity contribution in [3.8, 4) is 0 Å². The summed E-state index contributed by atoms with van der Waals surface area (Å²) in [5.74, 6) is -0.271. The molecule has 1 heterocycles. The molecule has 1 atom stereocenters. The van der Waals surface area contributed by atoms with Gasteiger partial charge in [-0.2, -0.15) is 13.2 Å². The van der Waals surface area contributed by atoms with Gasteiger partial charge < -0.3 is 15.5 Å². The first-order chi connectivity index (χ1) is 18.3. The lowest BCUT2D eigenvalue weighted by atomic mass is 9.99. The number of anilines is 1. The van der Waals surface area contributed by atoms with Crippen molar-refractivity contribution in [3.63, 3.8) is 0 Å². The zero-order valence-electron chi connectivity index (χ0n) is 22.0. The summed E-state index contributed by atoms with van der Waals surface area (Å²) in [6.07, 6.45) is 1.27. The zero-order valence-corrected chi connectivity index (χ0v) is 23.6. The summed E-state index contributed by atoms with van der Waals surface area (Å²) in [5.41, 5.74) is -1.30. The minimum Gasteiger partial charge on any atom is -0.388 e. The third-order valence-electron chi connectivity index (χ3n) is 5.99. The van der Waals surface area contributed by atoms with E-state index >= 15 is 0 Å². The second-order valence-electron chi connectivity index (χ2n) is 9.15. The Morgan fingerprint density at radius 2 is 1.87 bits per heavy atom. The summed E-state index contributed by atoms with van der Waals surface area (Å²) in [6, 6.07) is 9.15. The minimum absolute atomic E-state index is 0.0122. The largest absolute Gasteiger partial charge is 0.446 e. The molecular formula is C27H31ClF3N3O4S. The lowest BCUT2D eigenvalue weighted by Gasteiger charge is -2.25. The summed E-state index contributed by atoms with van der Waals surface area (Å²) in [7, 11) is 1.67. The van der Waals surface area contributed by atoms with Crippen molar-refractivity contribution in [1.82, 2.24) is 10.2 Å². The van der Waals surface area contributed by atoms with Crippen LogP contribution in [-0.4, -0.2) is 47.4 Å². The van der Waals surface area contributed by atoms with Crippen LogP contribution in [0, 0.1) is 5.92 Å². The molecule has 0 saturated carbocycles. The number of rotatable bonds is 11. The fraction of sp³-hybridized carbons (Fsp3) is 0.407. The molecule has 2 aromatic carbocycles. The average molecular weight is 586 g/mol. The molecule has 39 heavy (non-hydrogen) atoms. The van der Waals surface area contributed by atoms with E-state index in [1.807, 2.05) is 19.9 Å². The summed E-state index contributed by atoms with van der Waals surface area (Å²) < 4.78 is 36.0. The summed E-state index contributed by atoms with van der Waals surface area (Å²) in [6.45, 7) is 5.86. The fourth-order valence-corrected chi connectivity index (χ4v) is 4.77. The van der Waals surface area contributed by atoms with Gasteiger partial charge in [0.05, 0.1) is 11.1 Å². The Labute approximate surface area is 234 Å². The van der Waals surface area contributed by atoms with Crippen LogP contribution >= 0.6 is 23.4 Å². The van der Waals surface area contributed by atoms with Crippen molar-refractivity contribution >= 4 is 52.9 Å². The number of Topliss-reactive ketones (excluding diaryl/α,β-unsaturated/α-hetero) is 2. The highest BCUT2D eigenvalue weighted by molar-refractivity contribution is 8.00. The van der Waals surface area contributed by atoms with Crippen LogP contribution < -0.4 is 10.6 Å². The summed E-state index contributed by atoms with van der Waals surface area (Å²) in [4.78, 5) is 48.6. The Morgan fingerprint density at radius 3 is 2.41 bits per heavy atom. The zero-order chi connectivity index (χ0) is 29.3. The molecular weight excluding hydrogens is 555 g/mol. The molecule has 0 aromatic heterocycles. The molecule has 3 rings (SSSR count). The molecule has 1 unspecified atom stereocenters. The number of amides is 2. The predicted octanol–water partition coefficient (Wildman–Crippen LogP) is 5.84. The SMILES string of the molecule is CC(=O)C(CCC(=O)C(C)C)N1Cc2cc(CNC=O)ccc2C1=O.CNc1ccc(SC(F)(F)F)c(Cl)c1. The lowest BCUT2D eigenvalue weighted by molar-refractivity contribution is -0.124. The number of hydrogen-bond donors (Lipinski definition) is 2. The van der Waals surface area contributed by atoms with Crippen molar-refractivity contribution in [2.45, 2.75) is 63.1 Å². The fourth-order valence-electron chi connectivity index (χ4n) is 3.93. The molecule has 0 fully saturated rings. The van der Waals surface area contributed by atoms with Gasteiger partial charge in [-0.25, -0.2) is 0 Å². The number of benzene rings is 2. The Bertz CT molecular complexity index is 1210. The minimum atomic E-state index is -4.30. The van der Waals surface area contributed by atoms with E-state index in [1.54, 1.807) is 30.1 Å². The highest BCUT2D eigenvalue weighted by Crippen LogP contribution is 2.40. The highest BCUT2D eigenvalue weighted by atomic mass is 35.5. The van der Waals surface area contributed by atoms with Gasteiger partial charge in [0.15, 0.2) is 5.78 Å². The Balaban J connectivity index is 0.000000322. The molecule has 7 nitrogen and oxygen atoms in total. The van der Waals surface area contributed by atoms with E-state index in [0.717, 1.165) is 11.1 Å². The highest BCUT2D eigenvalue weighted by Gasteiger charge is 2.35. The van der Waals surface area contributed by atoms with Crippen molar-refractivity contribution in [2.75, 3.05) is 12.4 Å². The van der Waals surface area contributed by atoms with Crippen LogP contribution in [0.2, 0.25) is 5.02 Å². The Morgan fingerprint density at radius 1 is 1.18 bits per heavy atom. The Hall–Kier alpha value is -3.05. The number of carbonyl (C=O) groups excluding carboxylic acids is 4. The van der Waals surface area contributed by atoms with Gasteiger partial charge >= 0.3 is 5.51 Å². The van der Waals surface area contributed by atoms with Gasteiger partial charge in [-0.3, -0.25) is 19.2 Å². The third kappa shape index (κ3) is 9.58. The normalized spacial score (nSPS) is 13.4. The summed E-state index contributed by atoms with van der Waals surface area (Å²) >= 11 is 5.44. The first-order valence-corrected chi connectivity index (χ1v) is 13.3. The van der Waals surface area contributed by atoms with Gasteiger partial charge in [0, 0.05) is 48.6 Å². The van der Waals surface area contributed by atoms with E-state index in [2.05, 4.69) is 10.6 Å². The lowest BCUT2D eigenvalue weighted by Crippen LogP contribution is -2.40. The number of hydrogen-bond acceptors (Lipinski definition) is 6. The van der Waals surface area contributed by atoms with Crippen LogP contribution in [0.4, 0.5) is 18.9 Å². The maximum Gasteiger partial charge on any atom is 0.446 e. The number of halogens is 4. The molecule has 0 aliphatic carbocycles. The summed E-state index contributed by atoms with van der Waals surface area (Å²) in [5, 5.41) is 5.47. The van der Waals surface area contributed by atoms with Crippen molar-refractivity contribution in [1.29, 1.82) is 0 Å². The first-order valence-electron chi connectivity index (χ1n) is 12.1. The van der Waals surface area contributed by atoms with Crippen molar-refractivity contribution in [3.05, 3.63) is 58.1 Å². The van der Waals surface area contributed by atoms with Gasteiger partial charge in [0.25, 0.3) is 5.91 Å². The number of nitrogens with zero attached hydrogens (tertiary/aromatic N) is 1. The molecule has 0 spiro atoms. The van der Waals surface area contributed by atoms with E-state index in [1.165, 1.54) is 19.1 Å². The number of nitrogens with one attached hydrogen (secondary N) is 2. The number of alkyl halides is 3. The first kappa shape index (κ1) is 32.2. The molecule has 2 aromatic rings. The molecule has 2 N–H and O–H groups in total. The van der Waals surface area contributed by atoms with Crippen LogP contribution in [0.1, 0.15) is 55.1 Å².